The Hall–Kier alpha value is -1.95. The van der Waals surface area contributed by atoms with Gasteiger partial charge in [-0.05, 0) is 32.2 Å². The van der Waals surface area contributed by atoms with Crippen LogP contribution in [-0.4, -0.2) is 43.2 Å². The molecule has 3 rings (SSSR count). The molecular weight excluding hydrogens is 322 g/mol. The number of aliphatic imine (C=N–C) groups is 2. The number of piperidine rings is 1. The number of halogens is 1. The lowest BCUT2D eigenvalue weighted by Crippen LogP contribution is -2.43. The van der Waals surface area contributed by atoms with Crippen molar-refractivity contribution >= 4 is 34.9 Å². The van der Waals surface area contributed by atoms with Crippen molar-refractivity contribution < 1.29 is 0 Å². The molecule has 0 radical (unpaired) electrons. The van der Waals surface area contributed by atoms with Crippen molar-refractivity contribution in [2.24, 2.45) is 9.98 Å². The van der Waals surface area contributed by atoms with Gasteiger partial charge in [0.1, 0.15) is 0 Å². The largest absolute Gasteiger partial charge is 0.360 e. The quantitative estimate of drug-likeness (QED) is 0.706. The zero-order valence-corrected chi connectivity index (χ0v) is 14.3. The first-order chi connectivity index (χ1) is 11.8. The molecule has 5 nitrogen and oxygen atoms in total. The highest BCUT2D eigenvalue weighted by Crippen LogP contribution is 2.23. The van der Waals surface area contributed by atoms with E-state index in [1.54, 1.807) is 0 Å². The van der Waals surface area contributed by atoms with Crippen molar-refractivity contribution in [3.8, 4) is 0 Å². The molecule has 1 saturated heterocycles. The van der Waals surface area contributed by atoms with E-state index in [-0.39, 0.29) is 0 Å². The first-order valence-electron chi connectivity index (χ1n) is 8.16. The number of nitrogens with one attached hydrogen (secondary N) is 3. The average molecular weight is 344 g/mol. The number of para-hydroxylation sites is 1. The summed E-state index contributed by atoms with van der Waals surface area (Å²) < 4.78 is 0. The van der Waals surface area contributed by atoms with Crippen molar-refractivity contribution in [2.45, 2.75) is 18.9 Å². The molecule has 2 heterocycles. The maximum atomic E-state index is 6.40. The van der Waals surface area contributed by atoms with Crippen LogP contribution in [0.25, 0.3) is 10.9 Å². The molecule has 126 valence electrons. The van der Waals surface area contributed by atoms with Crippen molar-refractivity contribution in [1.82, 2.24) is 15.6 Å². The number of hydrogen-bond acceptors (Lipinski definition) is 4. The average Bonchev–Trinajstić information content (AvgIpc) is 3.04. The van der Waals surface area contributed by atoms with E-state index >= 15 is 0 Å². The summed E-state index contributed by atoms with van der Waals surface area (Å²) in [4.78, 5) is 11.7. The molecule has 1 fully saturated rings. The molecule has 1 unspecified atom stereocenters. The van der Waals surface area contributed by atoms with E-state index in [2.05, 4.69) is 33.4 Å². The number of aromatic amines is 1. The fourth-order valence-corrected chi connectivity index (χ4v) is 3.21. The lowest BCUT2D eigenvalue weighted by atomic mass is 10.1. The number of hydrogen-bond donors (Lipinski definition) is 3. The number of rotatable bonds is 6. The third-order valence-corrected chi connectivity index (χ3v) is 4.47. The lowest BCUT2D eigenvalue weighted by Gasteiger charge is -2.23. The lowest BCUT2D eigenvalue weighted by molar-refractivity contribution is 0.395. The highest BCUT2D eigenvalue weighted by atomic mass is 35.5. The van der Waals surface area contributed by atoms with Crippen molar-refractivity contribution in [3.05, 3.63) is 47.3 Å². The summed E-state index contributed by atoms with van der Waals surface area (Å²) in [6.45, 7) is 6.08. The van der Waals surface area contributed by atoms with Gasteiger partial charge in [-0.2, -0.15) is 0 Å². The summed E-state index contributed by atoms with van der Waals surface area (Å²) in [7, 11) is 0. The molecule has 0 bridgehead atoms. The maximum absolute atomic E-state index is 6.40. The van der Waals surface area contributed by atoms with E-state index in [1.807, 2.05) is 24.4 Å². The molecule has 1 aromatic carbocycles. The monoisotopic (exact) mass is 343 g/mol. The molecule has 2 aromatic rings. The van der Waals surface area contributed by atoms with Gasteiger partial charge in [-0.3, -0.25) is 15.3 Å². The topological polar surface area (TPSA) is 64.6 Å². The first-order valence-corrected chi connectivity index (χ1v) is 8.54. The number of fused-ring (bicyclic) bond motifs is 1. The fraction of sp³-hybridized carbons (Fsp3) is 0.333. The second-order valence-electron chi connectivity index (χ2n) is 5.82. The van der Waals surface area contributed by atoms with E-state index in [9.17, 15) is 0 Å². The van der Waals surface area contributed by atoms with Crippen molar-refractivity contribution in [1.29, 1.82) is 0 Å². The number of benzene rings is 1. The van der Waals surface area contributed by atoms with E-state index in [4.69, 9.17) is 16.6 Å². The van der Waals surface area contributed by atoms with Crippen LogP contribution in [0.2, 0.25) is 0 Å². The standard InChI is InChI=1S/C18H22ClN5/c1-20-11-16(19)18(24-12-23-13-5-4-8-21-9-13)15-10-22-17-7-3-2-6-14(15)17/h2-3,6-7,10-11,13,21-23H,1,4-5,8-9,12H2/b16-11+,24-18-. The molecule has 0 saturated carbocycles. The summed E-state index contributed by atoms with van der Waals surface area (Å²) in [5, 5.41) is 8.43. The smallest absolute Gasteiger partial charge is 0.0895 e. The normalized spacial score (nSPS) is 19.6. The van der Waals surface area contributed by atoms with Crippen LogP contribution < -0.4 is 10.6 Å². The second-order valence-corrected chi connectivity index (χ2v) is 6.23. The Labute approximate surface area is 146 Å². The fourth-order valence-electron chi connectivity index (χ4n) is 2.98. The predicted octanol–water partition coefficient (Wildman–Crippen LogP) is 3.04. The van der Waals surface area contributed by atoms with Gasteiger partial charge in [0.15, 0.2) is 0 Å². The number of nitrogens with zero attached hydrogens (tertiary/aromatic N) is 2. The Morgan fingerprint density at radius 2 is 2.29 bits per heavy atom. The molecule has 0 spiro atoms. The number of allylic oxidation sites excluding steroid dienone is 1. The molecule has 24 heavy (non-hydrogen) atoms. The van der Waals surface area contributed by atoms with E-state index in [0.717, 1.165) is 35.3 Å². The van der Waals surface area contributed by atoms with Crippen LogP contribution in [0.5, 0.6) is 0 Å². The van der Waals surface area contributed by atoms with Crippen LogP contribution >= 0.6 is 11.6 Å². The molecule has 0 amide bonds. The van der Waals surface area contributed by atoms with E-state index in [0.29, 0.717) is 17.7 Å². The van der Waals surface area contributed by atoms with Crippen LogP contribution in [-0.2, 0) is 0 Å². The highest BCUT2D eigenvalue weighted by molar-refractivity contribution is 6.47. The zero-order valence-electron chi connectivity index (χ0n) is 13.6. The third-order valence-electron chi connectivity index (χ3n) is 4.19. The van der Waals surface area contributed by atoms with E-state index < -0.39 is 0 Å². The zero-order chi connectivity index (χ0) is 16.8. The summed E-state index contributed by atoms with van der Waals surface area (Å²) in [6.07, 6.45) is 5.83. The molecule has 1 aromatic heterocycles. The van der Waals surface area contributed by atoms with Crippen LogP contribution in [0.1, 0.15) is 18.4 Å². The Bertz CT molecular complexity index is 756. The van der Waals surface area contributed by atoms with Crippen LogP contribution in [0.4, 0.5) is 0 Å². The summed E-state index contributed by atoms with van der Waals surface area (Å²) >= 11 is 6.40. The molecule has 6 heteroatoms. The summed E-state index contributed by atoms with van der Waals surface area (Å²) in [6, 6.07) is 8.55. The maximum Gasteiger partial charge on any atom is 0.0895 e. The van der Waals surface area contributed by atoms with Crippen molar-refractivity contribution in [3.63, 3.8) is 0 Å². The van der Waals surface area contributed by atoms with Gasteiger partial charge in [-0.1, -0.05) is 29.8 Å². The molecule has 0 aliphatic carbocycles. The highest BCUT2D eigenvalue weighted by Gasteiger charge is 2.15. The van der Waals surface area contributed by atoms with Gasteiger partial charge in [0, 0.05) is 41.4 Å². The van der Waals surface area contributed by atoms with Crippen LogP contribution in [0.3, 0.4) is 0 Å². The van der Waals surface area contributed by atoms with Crippen molar-refractivity contribution in [2.75, 3.05) is 19.8 Å². The number of aromatic nitrogens is 1. The molecular formula is C18H22ClN5. The van der Waals surface area contributed by atoms with Gasteiger partial charge in [-0.25, -0.2) is 0 Å². The Morgan fingerprint density at radius 3 is 3.08 bits per heavy atom. The third kappa shape index (κ3) is 3.93. The summed E-state index contributed by atoms with van der Waals surface area (Å²) in [5.74, 6) is 0. The van der Waals surface area contributed by atoms with Gasteiger partial charge < -0.3 is 10.3 Å². The summed E-state index contributed by atoms with van der Waals surface area (Å²) in [5.41, 5.74) is 2.75. The van der Waals surface area contributed by atoms with Crippen LogP contribution in [0, 0.1) is 0 Å². The Kier molecular flexibility index (Phi) is 5.80. The molecule has 1 aliphatic heterocycles. The van der Waals surface area contributed by atoms with Gasteiger partial charge in [0.2, 0.25) is 0 Å². The Balaban J connectivity index is 1.84. The SMILES string of the molecule is C=N/C=C(Cl)\C(=N/CNC1CCCNC1)c1c[nH]c2ccccc12. The predicted molar refractivity (Wildman–Crippen MR) is 102 cm³/mol. The van der Waals surface area contributed by atoms with Gasteiger partial charge in [0.25, 0.3) is 0 Å². The molecule has 1 aliphatic rings. The van der Waals surface area contributed by atoms with Crippen LogP contribution in [0.15, 0.2) is 51.7 Å². The molecule has 1 atom stereocenters. The number of H-pyrrole nitrogens is 1. The second kappa shape index (κ2) is 8.24. The minimum absolute atomic E-state index is 0.451. The Morgan fingerprint density at radius 1 is 1.42 bits per heavy atom. The van der Waals surface area contributed by atoms with Gasteiger partial charge >= 0.3 is 0 Å². The molecule has 3 N–H and O–H groups in total. The van der Waals surface area contributed by atoms with Gasteiger partial charge in [-0.15, -0.1) is 0 Å². The minimum atomic E-state index is 0.451. The first kappa shape index (κ1) is 16.9. The van der Waals surface area contributed by atoms with Gasteiger partial charge in [0.05, 0.1) is 17.4 Å². The minimum Gasteiger partial charge on any atom is -0.360 e. The van der Waals surface area contributed by atoms with E-state index in [1.165, 1.54) is 19.0 Å².